The Morgan fingerprint density at radius 3 is 2.27 bits per heavy atom. The number of hydrogen-bond acceptors (Lipinski definition) is 2. The summed E-state index contributed by atoms with van der Waals surface area (Å²) in [4.78, 5) is 25.7. The van der Waals surface area contributed by atoms with Gasteiger partial charge in [0.15, 0.2) is 0 Å². The molecule has 1 amide bonds. The first-order valence-corrected chi connectivity index (χ1v) is 8.13. The molecule has 2 rings (SSSR count). The maximum Gasteiger partial charge on any atom is 0.326 e. The van der Waals surface area contributed by atoms with Crippen LogP contribution in [-0.4, -0.2) is 35.0 Å². The lowest BCUT2D eigenvalue weighted by atomic mass is 9.97. The molecule has 0 radical (unpaired) electrons. The van der Waals surface area contributed by atoms with Gasteiger partial charge in [-0.2, -0.15) is 0 Å². The van der Waals surface area contributed by atoms with Crippen LogP contribution in [0.25, 0.3) is 0 Å². The predicted octanol–water partition coefficient (Wildman–Crippen LogP) is 3.11. The van der Waals surface area contributed by atoms with Crippen molar-refractivity contribution in [2.24, 2.45) is 5.92 Å². The first kappa shape index (κ1) is 16.5. The van der Waals surface area contributed by atoms with E-state index in [1.807, 2.05) is 30.3 Å². The zero-order valence-corrected chi connectivity index (χ0v) is 13.2. The van der Waals surface area contributed by atoms with Gasteiger partial charge in [-0.1, -0.05) is 56.0 Å². The van der Waals surface area contributed by atoms with E-state index in [-0.39, 0.29) is 11.8 Å². The molecule has 1 aliphatic carbocycles. The van der Waals surface area contributed by atoms with E-state index in [2.05, 4.69) is 0 Å². The predicted molar refractivity (Wildman–Crippen MR) is 85.5 cm³/mol. The molecule has 1 saturated carbocycles. The van der Waals surface area contributed by atoms with Crippen molar-refractivity contribution in [1.82, 2.24) is 4.90 Å². The van der Waals surface area contributed by atoms with Gasteiger partial charge in [0.25, 0.3) is 0 Å². The van der Waals surface area contributed by atoms with E-state index in [1.54, 1.807) is 7.05 Å². The topological polar surface area (TPSA) is 57.6 Å². The molecule has 0 heterocycles. The largest absolute Gasteiger partial charge is 0.480 e. The third kappa shape index (κ3) is 4.33. The average molecular weight is 303 g/mol. The standard InChI is InChI=1S/C18H25NO3/c1-19(17(20)15-11-7-2-3-8-12-15)16(18(21)22)13-14-9-5-4-6-10-14/h4-6,9-10,15-16H,2-3,7-8,11-13H2,1H3,(H,21,22). The number of aliphatic carboxylic acids is 1. The molecule has 0 aromatic heterocycles. The maximum absolute atomic E-state index is 12.6. The Bertz CT molecular complexity index is 492. The molecule has 4 nitrogen and oxygen atoms in total. The molecule has 1 aromatic rings. The smallest absolute Gasteiger partial charge is 0.326 e. The van der Waals surface area contributed by atoms with Gasteiger partial charge < -0.3 is 10.0 Å². The van der Waals surface area contributed by atoms with Crippen molar-refractivity contribution in [1.29, 1.82) is 0 Å². The Labute approximate surface area is 132 Å². The van der Waals surface area contributed by atoms with Gasteiger partial charge in [0, 0.05) is 19.4 Å². The lowest BCUT2D eigenvalue weighted by Gasteiger charge is -2.28. The first-order valence-electron chi connectivity index (χ1n) is 8.13. The van der Waals surface area contributed by atoms with Gasteiger partial charge in [0.2, 0.25) is 5.91 Å². The Morgan fingerprint density at radius 2 is 1.73 bits per heavy atom. The molecule has 1 unspecified atom stereocenters. The van der Waals surface area contributed by atoms with E-state index in [0.717, 1.165) is 31.2 Å². The fraction of sp³-hybridized carbons (Fsp3) is 0.556. The van der Waals surface area contributed by atoms with E-state index in [9.17, 15) is 14.7 Å². The molecular weight excluding hydrogens is 278 g/mol. The molecule has 1 atom stereocenters. The molecule has 0 aliphatic heterocycles. The third-order valence-corrected chi connectivity index (χ3v) is 4.58. The van der Waals surface area contributed by atoms with Gasteiger partial charge in [0.1, 0.15) is 6.04 Å². The van der Waals surface area contributed by atoms with Crippen molar-refractivity contribution in [3.8, 4) is 0 Å². The number of nitrogens with zero attached hydrogens (tertiary/aromatic N) is 1. The minimum absolute atomic E-state index is 0.00905. The summed E-state index contributed by atoms with van der Waals surface area (Å²) in [5, 5.41) is 9.51. The minimum atomic E-state index is -0.937. The van der Waals surface area contributed by atoms with Gasteiger partial charge in [-0.15, -0.1) is 0 Å². The summed E-state index contributed by atoms with van der Waals surface area (Å²) >= 11 is 0. The highest BCUT2D eigenvalue weighted by Crippen LogP contribution is 2.25. The summed E-state index contributed by atoms with van der Waals surface area (Å²) in [5.41, 5.74) is 0.940. The summed E-state index contributed by atoms with van der Waals surface area (Å²) < 4.78 is 0. The molecule has 22 heavy (non-hydrogen) atoms. The van der Waals surface area contributed by atoms with Gasteiger partial charge in [-0.05, 0) is 18.4 Å². The highest BCUT2D eigenvalue weighted by Gasteiger charge is 2.31. The number of benzene rings is 1. The number of carboxylic acid groups (broad SMARTS) is 1. The highest BCUT2D eigenvalue weighted by molar-refractivity contribution is 5.85. The monoisotopic (exact) mass is 303 g/mol. The van der Waals surface area contributed by atoms with Crippen molar-refractivity contribution in [3.63, 3.8) is 0 Å². The van der Waals surface area contributed by atoms with E-state index in [1.165, 1.54) is 17.7 Å². The van der Waals surface area contributed by atoms with Gasteiger partial charge in [-0.3, -0.25) is 4.79 Å². The van der Waals surface area contributed by atoms with Crippen LogP contribution in [0.3, 0.4) is 0 Å². The van der Waals surface area contributed by atoms with Crippen LogP contribution in [0.5, 0.6) is 0 Å². The molecule has 0 bridgehead atoms. The maximum atomic E-state index is 12.6. The fourth-order valence-corrected chi connectivity index (χ4v) is 3.20. The molecule has 0 spiro atoms. The van der Waals surface area contributed by atoms with Crippen molar-refractivity contribution in [3.05, 3.63) is 35.9 Å². The normalized spacial score (nSPS) is 17.5. The average Bonchev–Trinajstić information content (AvgIpc) is 2.81. The van der Waals surface area contributed by atoms with Crippen LogP contribution in [0.2, 0.25) is 0 Å². The van der Waals surface area contributed by atoms with E-state index in [0.29, 0.717) is 6.42 Å². The Balaban J connectivity index is 2.06. The lowest BCUT2D eigenvalue weighted by molar-refractivity contribution is -0.150. The van der Waals surface area contributed by atoms with Crippen LogP contribution in [0, 0.1) is 5.92 Å². The van der Waals surface area contributed by atoms with Gasteiger partial charge in [0.05, 0.1) is 0 Å². The molecule has 1 aromatic carbocycles. The second kappa shape index (κ2) is 7.97. The fourth-order valence-electron chi connectivity index (χ4n) is 3.20. The first-order chi connectivity index (χ1) is 10.6. The van der Waals surface area contributed by atoms with Crippen molar-refractivity contribution in [2.45, 2.75) is 51.0 Å². The summed E-state index contributed by atoms with van der Waals surface area (Å²) in [5.74, 6) is -0.955. The molecular formula is C18H25NO3. The highest BCUT2D eigenvalue weighted by atomic mass is 16.4. The van der Waals surface area contributed by atoms with Gasteiger partial charge in [-0.25, -0.2) is 4.79 Å². The summed E-state index contributed by atoms with van der Waals surface area (Å²) in [6.45, 7) is 0. The molecule has 1 N–H and O–H groups in total. The SMILES string of the molecule is CN(C(=O)C1CCCCCC1)C(Cc1ccccc1)C(=O)O. The molecule has 1 aliphatic rings. The van der Waals surface area contributed by atoms with Crippen LogP contribution in [0.1, 0.15) is 44.1 Å². The van der Waals surface area contributed by atoms with Crippen molar-refractivity contribution in [2.75, 3.05) is 7.05 Å². The van der Waals surface area contributed by atoms with Crippen LogP contribution in [-0.2, 0) is 16.0 Å². The van der Waals surface area contributed by atoms with Crippen LogP contribution >= 0.6 is 0 Å². The molecule has 120 valence electrons. The molecule has 1 fully saturated rings. The number of carbonyl (C=O) groups is 2. The van der Waals surface area contributed by atoms with E-state index in [4.69, 9.17) is 0 Å². The van der Waals surface area contributed by atoms with E-state index < -0.39 is 12.0 Å². The van der Waals surface area contributed by atoms with Crippen LogP contribution < -0.4 is 0 Å². The minimum Gasteiger partial charge on any atom is -0.480 e. The third-order valence-electron chi connectivity index (χ3n) is 4.58. The Kier molecular flexibility index (Phi) is 5.99. The molecule has 0 saturated heterocycles. The number of likely N-dealkylation sites (N-methyl/N-ethyl adjacent to an activating group) is 1. The molecule has 4 heteroatoms. The number of rotatable bonds is 5. The van der Waals surface area contributed by atoms with E-state index >= 15 is 0 Å². The number of amides is 1. The van der Waals surface area contributed by atoms with Crippen molar-refractivity contribution < 1.29 is 14.7 Å². The second-order valence-corrected chi connectivity index (χ2v) is 6.18. The summed E-state index contributed by atoms with van der Waals surface area (Å²) in [7, 11) is 1.63. The van der Waals surface area contributed by atoms with Crippen LogP contribution in [0.15, 0.2) is 30.3 Å². The number of hydrogen-bond donors (Lipinski definition) is 1. The zero-order chi connectivity index (χ0) is 15.9. The number of carboxylic acids is 1. The summed E-state index contributed by atoms with van der Waals surface area (Å²) in [6, 6.07) is 8.69. The number of carbonyl (C=O) groups excluding carboxylic acids is 1. The van der Waals surface area contributed by atoms with Crippen LogP contribution in [0.4, 0.5) is 0 Å². The quantitative estimate of drug-likeness (QED) is 0.850. The van der Waals surface area contributed by atoms with Crippen molar-refractivity contribution >= 4 is 11.9 Å². The Morgan fingerprint density at radius 1 is 1.14 bits per heavy atom. The second-order valence-electron chi connectivity index (χ2n) is 6.18. The summed E-state index contributed by atoms with van der Waals surface area (Å²) in [6.07, 6.45) is 6.63. The van der Waals surface area contributed by atoms with Gasteiger partial charge >= 0.3 is 5.97 Å². The Hall–Kier alpha value is -1.84. The zero-order valence-electron chi connectivity index (χ0n) is 13.2. The lowest BCUT2D eigenvalue weighted by Crippen LogP contribution is -2.46.